The molecule has 2 fully saturated rings. The van der Waals surface area contributed by atoms with Crippen molar-refractivity contribution in [3.8, 4) is 0 Å². The van der Waals surface area contributed by atoms with E-state index >= 15 is 0 Å². The molecule has 114 valence electrons. The highest BCUT2D eigenvalue weighted by Crippen LogP contribution is 2.31. The summed E-state index contributed by atoms with van der Waals surface area (Å²) in [5.74, 6) is 2.03. The van der Waals surface area contributed by atoms with Gasteiger partial charge in [-0.05, 0) is 31.0 Å². The fourth-order valence-corrected chi connectivity index (χ4v) is 4.89. The van der Waals surface area contributed by atoms with E-state index in [2.05, 4.69) is 5.32 Å². The zero-order valence-corrected chi connectivity index (χ0v) is 13.5. The Kier molecular flexibility index (Phi) is 3.88. The Morgan fingerprint density at radius 1 is 1.38 bits per heavy atom. The highest BCUT2D eigenvalue weighted by molar-refractivity contribution is 8.00. The number of amides is 1. The molecule has 1 aromatic carbocycles. The van der Waals surface area contributed by atoms with Gasteiger partial charge >= 0.3 is 0 Å². The summed E-state index contributed by atoms with van der Waals surface area (Å²) in [5.41, 5.74) is 2.24. The van der Waals surface area contributed by atoms with Crippen molar-refractivity contribution in [1.82, 2.24) is 0 Å². The molecule has 0 saturated carbocycles. The maximum atomic E-state index is 12.0. The number of thioether (sulfide) groups is 1. The molecule has 7 heteroatoms. The molecule has 2 aliphatic heterocycles. The number of hydrogen-bond acceptors (Lipinski definition) is 4. The maximum Gasteiger partial charge on any atom is 0.235 e. The summed E-state index contributed by atoms with van der Waals surface area (Å²) >= 11 is 1.76. The predicted octanol–water partition coefficient (Wildman–Crippen LogP) is 1.84. The van der Waals surface area contributed by atoms with Crippen LogP contribution in [0.2, 0.25) is 0 Å². The number of carbonyl (C=O) groups is 1. The number of hydrogen-bond donors (Lipinski definition) is 1. The minimum atomic E-state index is -3.20. The van der Waals surface area contributed by atoms with Crippen LogP contribution in [0, 0.1) is 12.8 Å². The molecule has 2 aliphatic rings. The van der Waals surface area contributed by atoms with Gasteiger partial charge in [0.25, 0.3) is 0 Å². The largest absolute Gasteiger partial charge is 0.326 e. The van der Waals surface area contributed by atoms with E-state index in [1.54, 1.807) is 17.8 Å². The third-order valence-corrected chi connectivity index (χ3v) is 6.99. The van der Waals surface area contributed by atoms with Crippen molar-refractivity contribution < 1.29 is 13.2 Å². The Morgan fingerprint density at radius 2 is 2.14 bits per heavy atom. The van der Waals surface area contributed by atoms with Crippen LogP contribution < -0.4 is 9.62 Å². The van der Waals surface area contributed by atoms with E-state index in [1.165, 1.54) is 4.31 Å². The van der Waals surface area contributed by atoms with Crippen LogP contribution in [0.5, 0.6) is 0 Å². The molecule has 2 saturated heterocycles. The lowest BCUT2D eigenvalue weighted by Crippen LogP contribution is -2.32. The topological polar surface area (TPSA) is 66.5 Å². The minimum Gasteiger partial charge on any atom is -0.326 e. The Morgan fingerprint density at radius 3 is 2.71 bits per heavy atom. The van der Waals surface area contributed by atoms with Crippen LogP contribution in [0.4, 0.5) is 11.4 Å². The first-order chi connectivity index (χ1) is 9.97. The Bertz CT molecular complexity index is 669. The number of aryl methyl sites for hydroxylation is 1. The first-order valence-corrected chi connectivity index (χ1v) is 9.73. The molecule has 0 aliphatic carbocycles. The second kappa shape index (κ2) is 5.53. The van der Waals surface area contributed by atoms with Gasteiger partial charge in [0.1, 0.15) is 0 Å². The predicted molar refractivity (Wildman–Crippen MR) is 86.4 cm³/mol. The second-order valence-electron chi connectivity index (χ2n) is 5.47. The summed E-state index contributed by atoms with van der Waals surface area (Å²) in [7, 11) is -3.20. The molecule has 0 unspecified atom stereocenters. The van der Waals surface area contributed by atoms with E-state index in [9.17, 15) is 13.2 Å². The average molecular weight is 326 g/mol. The van der Waals surface area contributed by atoms with Crippen molar-refractivity contribution in [2.24, 2.45) is 5.92 Å². The summed E-state index contributed by atoms with van der Waals surface area (Å²) in [5, 5.41) is 2.89. The van der Waals surface area contributed by atoms with E-state index in [1.807, 2.05) is 19.1 Å². The number of rotatable bonds is 3. The van der Waals surface area contributed by atoms with Gasteiger partial charge in [0.05, 0.1) is 17.4 Å². The van der Waals surface area contributed by atoms with Gasteiger partial charge < -0.3 is 5.32 Å². The Balaban J connectivity index is 1.84. The number of sulfonamides is 1. The van der Waals surface area contributed by atoms with E-state index in [-0.39, 0.29) is 17.6 Å². The molecule has 2 heterocycles. The Labute approximate surface area is 129 Å². The fourth-order valence-electron chi connectivity index (χ4n) is 2.50. The average Bonchev–Trinajstić information content (AvgIpc) is 2.69. The first kappa shape index (κ1) is 14.7. The van der Waals surface area contributed by atoms with Gasteiger partial charge in [-0.25, -0.2) is 8.42 Å². The molecule has 5 nitrogen and oxygen atoms in total. The quantitative estimate of drug-likeness (QED) is 0.920. The monoisotopic (exact) mass is 326 g/mol. The number of nitrogens with one attached hydrogen (secondary N) is 1. The molecule has 1 aromatic rings. The van der Waals surface area contributed by atoms with Crippen LogP contribution in [0.15, 0.2) is 18.2 Å². The molecule has 0 atom stereocenters. The third kappa shape index (κ3) is 2.89. The van der Waals surface area contributed by atoms with Crippen LogP contribution in [0.3, 0.4) is 0 Å². The molecule has 0 aromatic heterocycles. The molecule has 21 heavy (non-hydrogen) atoms. The Hall–Kier alpha value is -1.21. The van der Waals surface area contributed by atoms with Crippen molar-refractivity contribution in [2.75, 3.05) is 33.4 Å². The summed E-state index contributed by atoms with van der Waals surface area (Å²) in [6, 6.07) is 5.45. The fraction of sp³-hybridized carbons (Fsp3) is 0.500. The van der Waals surface area contributed by atoms with Crippen LogP contribution in [0.25, 0.3) is 0 Å². The molecule has 0 radical (unpaired) electrons. The molecule has 1 amide bonds. The lowest BCUT2D eigenvalue weighted by atomic mass is 10.1. The van der Waals surface area contributed by atoms with Gasteiger partial charge in [0.15, 0.2) is 0 Å². The van der Waals surface area contributed by atoms with E-state index in [0.717, 1.165) is 17.1 Å². The molecule has 0 spiro atoms. The van der Waals surface area contributed by atoms with Crippen LogP contribution in [0.1, 0.15) is 12.0 Å². The van der Waals surface area contributed by atoms with Gasteiger partial charge in [0.2, 0.25) is 15.9 Å². The number of nitrogens with zero attached hydrogens (tertiary/aromatic N) is 1. The smallest absolute Gasteiger partial charge is 0.235 e. The zero-order valence-electron chi connectivity index (χ0n) is 11.8. The summed E-state index contributed by atoms with van der Waals surface area (Å²) in [4.78, 5) is 12.0. The first-order valence-electron chi connectivity index (χ1n) is 6.97. The van der Waals surface area contributed by atoms with Crippen LogP contribution in [-0.4, -0.2) is 38.1 Å². The van der Waals surface area contributed by atoms with Crippen LogP contribution >= 0.6 is 11.8 Å². The van der Waals surface area contributed by atoms with Crippen molar-refractivity contribution in [2.45, 2.75) is 13.3 Å². The molecular weight excluding hydrogens is 308 g/mol. The zero-order chi connectivity index (χ0) is 15.0. The van der Waals surface area contributed by atoms with Gasteiger partial charge in [0, 0.05) is 23.7 Å². The normalized spacial score (nSPS) is 21.1. The van der Waals surface area contributed by atoms with Crippen molar-refractivity contribution in [3.05, 3.63) is 23.8 Å². The lowest BCUT2D eigenvalue weighted by Gasteiger charge is -2.24. The molecular formula is C14H18N2O3S2. The van der Waals surface area contributed by atoms with Crippen molar-refractivity contribution in [1.29, 1.82) is 0 Å². The number of benzene rings is 1. The SMILES string of the molecule is Cc1ccc(NC(=O)C2CSC2)cc1N1CCCS1(=O)=O. The highest BCUT2D eigenvalue weighted by atomic mass is 32.2. The second-order valence-corrected chi connectivity index (χ2v) is 8.55. The lowest BCUT2D eigenvalue weighted by molar-refractivity contribution is -0.118. The number of carbonyl (C=O) groups excluding carboxylic acids is 1. The van der Waals surface area contributed by atoms with Gasteiger partial charge in [-0.15, -0.1) is 0 Å². The summed E-state index contributed by atoms with van der Waals surface area (Å²) in [6.07, 6.45) is 0.650. The van der Waals surface area contributed by atoms with Crippen LogP contribution in [-0.2, 0) is 14.8 Å². The van der Waals surface area contributed by atoms with Crippen molar-refractivity contribution >= 4 is 39.1 Å². The summed E-state index contributed by atoms with van der Waals surface area (Å²) in [6.45, 7) is 2.40. The van der Waals surface area contributed by atoms with E-state index in [4.69, 9.17) is 0 Å². The van der Waals surface area contributed by atoms with Gasteiger partial charge in [-0.1, -0.05) is 6.07 Å². The molecule has 3 rings (SSSR count). The maximum absolute atomic E-state index is 12.0. The minimum absolute atomic E-state index is 0.0211. The third-order valence-electron chi connectivity index (χ3n) is 3.85. The summed E-state index contributed by atoms with van der Waals surface area (Å²) < 4.78 is 25.6. The highest BCUT2D eigenvalue weighted by Gasteiger charge is 2.30. The molecule has 1 N–H and O–H groups in total. The van der Waals surface area contributed by atoms with E-state index in [0.29, 0.717) is 24.3 Å². The number of anilines is 2. The van der Waals surface area contributed by atoms with Crippen molar-refractivity contribution in [3.63, 3.8) is 0 Å². The van der Waals surface area contributed by atoms with Gasteiger partial charge in [-0.2, -0.15) is 11.8 Å². The van der Waals surface area contributed by atoms with Gasteiger partial charge in [-0.3, -0.25) is 9.10 Å². The van der Waals surface area contributed by atoms with E-state index < -0.39 is 10.0 Å². The molecule has 0 bridgehead atoms. The standard InChI is InChI=1S/C14H18N2O3S2/c1-10-3-4-12(15-14(17)11-8-20-9-11)7-13(10)16-5-2-6-21(16,18)19/h3-4,7,11H,2,5-6,8-9H2,1H3,(H,15,17).